The summed E-state index contributed by atoms with van der Waals surface area (Å²) in [6, 6.07) is 0.111. The first-order valence-corrected chi connectivity index (χ1v) is 4.73. The Bertz CT molecular complexity index is 219. The fourth-order valence-corrected chi connectivity index (χ4v) is 2.38. The normalized spacial score (nSPS) is 43.2. The number of ether oxygens (including phenoxy) is 1. The first kappa shape index (κ1) is 8.97. The molecule has 0 spiro atoms. The largest absolute Gasteiger partial charge is 0.393 e. The summed E-state index contributed by atoms with van der Waals surface area (Å²) in [7, 11) is 0. The maximum absolute atomic E-state index is 10.8. The summed E-state index contributed by atoms with van der Waals surface area (Å²) in [6.45, 7) is 2.11. The SMILES string of the molecule is CC(=O)N[C@@H]1CO[C@@H]2C[C@H](O)C[C@H]12. The maximum Gasteiger partial charge on any atom is 0.217 e. The van der Waals surface area contributed by atoms with Crippen LogP contribution in [0, 0.1) is 5.92 Å². The lowest BCUT2D eigenvalue weighted by atomic mass is 9.99. The van der Waals surface area contributed by atoms with Crippen molar-refractivity contribution in [3.05, 3.63) is 0 Å². The fourth-order valence-electron chi connectivity index (χ4n) is 2.38. The van der Waals surface area contributed by atoms with E-state index in [1.807, 2.05) is 0 Å². The molecule has 4 atom stereocenters. The molecular formula is C9H15NO3. The Morgan fingerprint density at radius 1 is 1.54 bits per heavy atom. The molecule has 2 rings (SSSR count). The van der Waals surface area contributed by atoms with Crippen LogP contribution in [0.1, 0.15) is 19.8 Å². The molecule has 1 aliphatic heterocycles. The Balaban J connectivity index is 1.96. The lowest BCUT2D eigenvalue weighted by Gasteiger charge is -2.16. The van der Waals surface area contributed by atoms with E-state index in [0.29, 0.717) is 12.5 Å². The fraction of sp³-hybridized carbons (Fsp3) is 0.889. The predicted molar refractivity (Wildman–Crippen MR) is 46.1 cm³/mol. The van der Waals surface area contributed by atoms with Crippen molar-refractivity contribution in [3.63, 3.8) is 0 Å². The first-order chi connectivity index (χ1) is 6.16. The van der Waals surface area contributed by atoms with Crippen molar-refractivity contribution in [1.29, 1.82) is 0 Å². The molecule has 0 aromatic carbocycles. The molecule has 0 radical (unpaired) electrons. The minimum atomic E-state index is -0.244. The Kier molecular flexibility index (Phi) is 2.26. The Hall–Kier alpha value is -0.610. The van der Waals surface area contributed by atoms with Crippen LogP contribution in [0.3, 0.4) is 0 Å². The number of hydrogen-bond donors (Lipinski definition) is 2. The van der Waals surface area contributed by atoms with Crippen LogP contribution in [-0.2, 0) is 9.53 Å². The molecule has 4 heteroatoms. The van der Waals surface area contributed by atoms with Gasteiger partial charge in [-0.15, -0.1) is 0 Å². The number of aliphatic hydroxyl groups is 1. The van der Waals surface area contributed by atoms with Crippen LogP contribution in [0.15, 0.2) is 0 Å². The monoisotopic (exact) mass is 185 g/mol. The predicted octanol–water partition coefficient (Wildman–Crippen LogP) is -0.339. The van der Waals surface area contributed by atoms with Gasteiger partial charge in [0.1, 0.15) is 0 Å². The van der Waals surface area contributed by atoms with E-state index in [2.05, 4.69) is 5.32 Å². The molecule has 1 aliphatic carbocycles. The zero-order chi connectivity index (χ0) is 9.42. The first-order valence-electron chi connectivity index (χ1n) is 4.73. The van der Waals surface area contributed by atoms with Gasteiger partial charge in [0.2, 0.25) is 5.91 Å². The summed E-state index contributed by atoms with van der Waals surface area (Å²) in [5.74, 6) is 0.300. The molecule has 4 nitrogen and oxygen atoms in total. The third-order valence-corrected chi connectivity index (χ3v) is 2.92. The average molecular weight is 185 g/mol. The maximum atomic E-state index is 10.8. The number of fused-ring (bicyclic) bond motifs is 1. The minimum absolute atomic E-state index is 0.0179. The second kappa shape index (κ2) is 3.27. The molecule has 1 saturated carbocycles. The highest BCUT2D eigenvalue weighted by atomic mass is 16.5. The van der Waals surface area contributed by atoms with Gasteiger partial charge in [-0.1, -0.05) is 0 Å². The molecule has 13 heavy (non-hydrogen) atoms. The highest BCUT2D eigenvalue weighted by Crippen LogP contribution is 2.36. The smallest absolute Gasteiger partial charge is 0.217 e. The van der Waals surface area contributed by atoms with E-state index >= 15 is 0 Å². The molecule has 74 valence electrons. The molecule has 1 heterocycles. The van der Waals surface area contributed by atoms with Crippen LogP contribution < -0.4 is 5.32 Å². The summed E-state index contributed by atoms with van der Waals surface area (Å²) < 4.78 is 5.49. The number of amides is 1. The number of hydrogen-bond acceptors (Lipinski definition) is 3. The van der Waals surface area contributed by atoms with Gasteiger partial charge >= 0.3 is 0 Å². The van der Waals surface area contributed by atoms with E-state index in [1.54, 1.807) is 0 Å². The van der Waals surface area contributed by atoms with Gasteiger partial charge in [-0.2, -0.15) is 0 Å². The van der Waals surface area contributed by atoms with Crippen LogP contribution in [0.4, 0.5) is 0 Å². The van der Waals surface area contributed by atoms with Crippen molar-refractivity contribution < 1.29 is 14.6 Å². The van der Waals surface area contributed by atoms with Gasteiger partial charge in [-0.3, -0.25) is 4.79 Å². The zero-order valence-electron chi connectivity index (χ0n) is 7.69. The highest BCUT2D eigenvalue weighted by molar-refractivity contribution is 5.73. The molecule has 1 amide bonds. The number of carbonyl (C=O) groups is 1. The van der Waals surface area contributed by atoms with Crippen molar-refractivity contribution in [2.75, 3.05) is 6.61 Å². The third kappa shape index (κ3) is 1.69. The molecule has 2 N–H and O–H groups in total. The third-order valence-electron chi connectivity index (χ3n) is 2.92. The topological polar surface area (TPSA) is 58.6 Å². The molecule has 0 unspecified atom stereocenters. The molecule has 0 aromatic rings. The summed E-state index contributed by atoms with van der Waals surface area (Å²) >= 11 is 0. The minimum Gasteiger partial charge on any atom is -0.393 e. The van der Waals surface area contributed by atoms with Crippen LogP contribution >= 0.6 is 0 Å². The van der Waals surface area contributed by atoms with Crippen LogP contribution in [0.25, 0.3) is 0 Å². The van der Waals surface area contributed by atoms with Crippen LogP contribution in [0.5, 0.6) is 0 Å². The van der Waals surface area contributed by atoms with E-state index in [9.17, 15) is 9.90 Å². The van der Waals surface area contributed by atoms with Crippen molar-refractivity contribution in [2.24, 2.45) is 5.92 Å². The van der Waals surface area contributed by atoms with Crippen molar-refractivity contribution in [1.82, 2.24) is 5.32 Å². The highest BCUT2D eigenvalue weighted by Gasteiger charge is 2.44. The van der Waals surface area contributed by atoms with Gasteiger partial charge < -0.3 is 15.2 Å². The summed E-state index contributed by atoms with van der Waals surface area (Å²) in [5, 5.41) is 12.3. The Labute approximate surface area is 77.3 Å². The van der Waals surface area contributed by atoms with E-state index in [0.717, 1.165) is 12.8 Å². The Morgan fingerprint density at radius 3 is 3.00 bits per heavy atom. The molecule has 0 aromatic heterocycles. The van der Waals surface area contributed by atoms with Crippen molar-refractivity contribution >= 4 is 5.91 Å². The van der Waals surface area contributed by atoms with Crippen molar-refractivity contribution in [3.8, 4) is 0 Å². The van der Waals surface area contributed by atoms with E-state index in [1.165, 1.54) is 6.92 Å². The van der Waals surface area contributed by atoms with Crippen molar-refractivity contribution in [2.45, 2.75) is 38.0 Å². The van der Waals surface area contributed by atoms with Gasteiger partial charge in [0, 0.05) is 12.8 Å². The number of aliphatic hydroxyl groups excluding tert-OH is 1. The van der Waals surface area contributed by atoms with Gasteiger partial charge in [-0.25, -0.2) is 0 Å². The van der Waals surface area contributed by atoms with Gasteiger partial charge in [0.15, 0.2) is 0 Å². The van der Waals surface area contributed by atoms with Crippen LogP contribution in [0.2, 0.25) is 0 Å². The lowest BCUT2D eigenvalue weighted by molar-refractivity contribution is -0.119. The summed E-state index contributed by atoms with van der Waals surface area (Å²) in [4.78, 5) is 10.8. The average Bonchev–Trinajstić information content (AvgIpc) is 2.51. The standard InChI is InChI=1S/C9H15NO3/c1-5(11)10-8-4-13-9-3-6(12)2-7(8)9/h6-9,12H,2-4H2,1H3,(H,10,11)/t6-,7-,8-,9-/m1/s1. The number of rotatable bonds is 1. The van der Waals surface area contributed by atoms with E-state index in [-0.39, 0.29) is 24.2 Å². The van der Waals surface area contributed by atoms with Gasteiger partial charge in [0.05, 0.1) is 24.9 Å². The second-order valence-corrected chi connectivity index (χ2v) is 3.97. The molecule has 0 bridgehead atoms. The summed E-state index contributed by atoms with van der Waals surface area (Å²) in [5.41, 5.74) is 0. The molecule has 1 saturated heterocycles. The zero-order valence-corrected chi connectivity index (χ0v) is 7.69. The van der Waals surface area contributed by atoms with Gasteiger partial charge in [0.25, 0.3) is 0 Å². The van der Waals surface area contributed by atoms with Gasteiger partial charge in [-0.05, 0) is 12.8 Å². The van der Waals surface area contributed by atoms with E-state index in [4.69, 9.17) is 4.74 Å². The lowest BCUT2D eigenvalue weighted by Crippen LogP contribution is -2.38. The summed E-state index contributed by atoms with van der Waals surface area (Å²) in [6.07, 6.45) is 1.40. The number of carbonyl (C=O) groups excluding carboxylic acids is 1. The number of nitrogens with one attached hydrogen (secondary N) is 1. The molecular weight excluding hydrogens is 170 g/mol. The second-order valence-electron chi connectivity index (χ2n) is 3.97. The molecule has 2 fully saturated rings. The Morgan fingerprint density at radius 2 is 2.31 bits per heavy atom. The quantitative estimate of drug-likeness (QED) is 0.587. The van der Waals surface area contributed by atoms with E-state index < -0.39 is 0 Å². The molecule has 2 aliphatic rings. The van der Waals surface area contributed by atoms with Crippen LogP contribution in [-0.4, -0.2) is 35.9 Å².